The average molecular weight is 555 g/mol. The summed E-state index contributed by atoms with van der Waals surface area (Å²) >= 11 is 0. The van der Waals surface area contributed by atoms with E-state index in [1.807, 2.05) is 0 Å². The summed E-state index contributed by atoms with van der Waals surface area (Å²) in [6, 6.07) is 0. The van der Waals surface area contributed by atoms with Crippen LogP contribution in [0.1, 0.15) is 78.6 Å². The Hall–Kier alpha value is -1.30. The molecule has 10 heteroatoms. The van der Waals surface area contributed by atoms with E-state index in [9.17, 15) is 40.2 Å². The van der Waals surface area contributed by atoms with Crippen LogP contribution in [0.4, 0.5) is 0 Å². The third-order valence-corrected chi connectivity index (χ3v) is 12.0. The maximum atomic E-state index is 11.6. The molecule has 0 aromatic rings. The van der Waals surface area contributed by atoms with Crippen molar-refractivity contribution in [2.75, 3.05) is 0 Å². The van der Waals surface area contributed by atoms with Crippen molar-refractivity contribution in [2.45, 2.75) is 121 Å². The fraction of sp³-hybridized carbons (Fsp3) is 0.931. The quantitative estimate of drug-likeness (QED) is 0.267. The van der Waals surface area contributed by atoms with E-state index in [4.69, 9.17) is 9.47 Å². The molecule has 1 aliphatic heterocycles. The standard InChI is InChI=1S/C29H46O10/c1-13(10-20(31)32)16-4-5-17-21-18(7-9-29(16,17)3)28(2)8-6-15(11-14(28)12-19(21)30)38-27-24(35)22(33)23(34)25(39-27)26(36)37/h13-19,21-25,27,30,33-35H,4-12H2,1-3H3,(H,31,32)(H,36,37). The van der Waals surface area contributed by atoms with Gasteiger partial charge in [0.15, 0.2) is 12.4 Å². The lowest BCUT2D eigenvalue weighted by atomic mass is 9.43. The van der Waals surface area contributed by atoms with E-state index in [-0.39, 0.29) is 41.1 Å². The third kappa shape index (κ3) is 4.83. The first-order valence-electron chi connectivity index (χ1n) is 14.8. The van der Waals surface area contributed by atoms with Crippen LogP contribution in [0.25, 0.3) is 0 Å². The molecule has 4 aliphatic carbocycles. The van der Waals surface area contributed by atoms with Crippen molar-refractivity contribution in [1.82, 2.24) is 0 Å². The highest BCUT2D eigenvalue weighted by Gasteiger charge is 2.63. The van der Waals surface area contributed by atoms with Crippen molar-refractivity contribution in [2.24, 2.45) is 46.3 Å². The zero-order valence-corrected chi connectivity index (χ0v) is 23.2. The van der Waals surface area contributed by atoms with Gasteiger partial charge in [-0.25, -0.2) is 4.79 Å². The van der Waals surface area contributed by atoms with Gasteiger partial charge in [0.25, 0.3) is 0 Å². The molecule has 1 heterocycles. The van der Waals surface area contributed by atoms with Gasteiger partial charge in [0.2, 0.25) is 0 Å². The first kappa shape index (κ1) is 29.2. The topological polar surface area (TPSA) is 174 Å². The second-order valence-electron chi connectivity index (χ2n) is 13.9. The van der Waals surface area contributed by atoms with Crippen LogP contribution in [0, 0.1) is 46.3 Å². The number of aliphatic hydroxyl groups excluding tert-OH is 4. The Morgan fingerprint density at radius 1 is 0.897 bits per heavy atom. The summed E-state index contributed by atoms with van der Waals surface area (Å²) in [5.41, 5.74) is 0.0578. The van der Waals surface area contributed by atoms with Crippen molar-refractivity contribution in [3.63, 3.8) is 0 Å². The third-order valence-electron chi connectivity index (χ3n) is 12.0. The van der Waals surface area contributed by atoms with Gasteiger partial charge >= 0.3 is 11.9 Å². The summed E-state index contributed by atoms with van der Waals surface area (Å²) in [6.45, 7) is 6.74. The second-order valence-corrected chi connectivity index (χ2v) is 13.9. The van der Waals surface area contributed by atoms with E-state index in [1.165, 1.54) is 0 Å². The van der Waals surface area contributed by atoms with Gasteiger partial charge in [-0.15, -0.1) is 0 Å². The lowest BCUT2D eigenvalue weighted by Crippen LogP contribution is -2.61. The molecule has 15 atom stereocenters. The van der Waals surface area contributed by atoms with E-state index in [1.54, 1.807) is 0 Å². The van der Waals surface area contributed by atoms with Gasteiger partial charge in [0, 0.05) is 6.42 Å². The summed E-state index contributed by atoms with van der Waals surface area (Å²) in [5, 5.41) is 60.9. The van der Waals surface area contributed by atoms with E-state index in [2.05, 4.69) is 20.8 Å². The number of rotatable bonds is 6. The number of hydrogen-bond donors (Lipinski definition) is 6. The molecule has 1 saturated heterocycles. The second kappa shape index (κ2) is 10.5. The first-order chi connectivity index (χ1) is 18.3. The molecule has 5 fully saturated rings. The van der Waals surface area contributed by atoms with E-state index in [0.717, 1.165) is 32.1 Å². The molecule has 6 N–H and O–H groups in total. The summed E-state index contributed by atoms with van der Waals surface area (Å²) in [5.74, 6) is -0.585. The lowest BCUT2D eigenvalue weighted by Gasteiger charge is -2.62. The molecule has 0 amide bonds. The van der Waals surface area contributed by atoms with E-state index in [0.29, 0.717) is 37.0 Å². The van der Waals surface area contributed by atoms with Crippen molar-refractivity contribution in [3.05, 3.63) is 0 Å². The van der Waals surface area contributed by atoms with Crippen LogP contribution in [0.3, 0.4) is 0 Å². The highest BCUT2D eigenvalue weighted by Crippen LogP contribution is 2.68. The van der Waals surface area contributed by atoms with Gasteiger partial charge in [-0.1, -0.05) is 20.8 Å². The molecule has 39 heavy (non-hydrogen) atoms. The Morgan fingerprint density at radius 3 is 2.23 bits per heavy atom. The van der Waals surface area contributed by atoms with Crippen LogP contribution < -0.4 is 0 Å². The number of aliphatic carboxylic acids is 2. The predicted octanol–water partition coefficient (Wildman–Crippen LogP) is 2.00. The average Bonchev–Trinajstić information content (AvgIpc) is 3.21. The SMILES string of the molecule is CC(CC(=O)O)C1CCC2C3C(O)CC4CC(OC5OC(C(=O)O)C(O)C(O)C5O)CCC4(C)C3CCC12C. The Bertz CT molecular complexity index is 943. The summed E-state index contributed by atoms with van der Waals surface area (Å²) in [7, 11) is 0. The minimum atomic E-state index is -1.75. The molecule has 5 aliphatic rings. The van der Waals surface area contributed by atoms with Crippen LogP contribution in [-0.4, -0.2) is 85.5 Å². The minimum absolute atomic E-state index is 0.0151. The Kier molecular flexibility index (Phi) is 7.87. The van der Waals surface area contributed by atoms with Crippen molar-refractivity contribution in [1.29, 1.82) is 0 Å². The molecule has 5 rings (SSSR count). The highest BCUT2D eigenvalue weighted by molar-refractivity contribution is 5.73. The summed E-state index contributed by atoms with van der Waals surface area (Å²) in [6.07, 6.45) is -1.71. The smallest absolute Gasteiger partial charge is 0.335 e. The number of aliphatic hydroxyl groups is 4. The number of hydrogen-bond acceptors (Lipinski definition) is 8. The molecule has 0 aromatic carbocycles. The zero-order chi connectivity index (χ0) is 28.4. The monoisotopic (exact) mass is 554 g/mol. The van der Waals surface area contributed by atoms with E-state index >= 15 is 0 Å². The maximum Gasteiger partial charge on any atom is 0.335 e. The zero-order valence-electron chi connectivity index (χ0n) is 23.2. The minimum Gasteiger partial charge on any atom is -0.481 e. The largest absolute Gasteiger partial charge is 0.481 e. The van der Waals surface area contributed by atoms with Gasteiger partial charge in [0.1, 0.15) is 18.3 Å². The number of carboxylic acids is 2. The van der Waals surface area contributed by atoms with Gasteiger partial charge in [-0.3, -0.25) is 4.79 Å². The Morgan fingerprint density at radius 2 is 1.56 bits per heavy atom. The number of fused-ring (bicyclic) bond motifs is 5. The summed E-state index contributed by atoms with van der Waals surface area (Å²) < 4.78 is 11.4. The Labute approximate surface area is 229 Å². The molecule has 15 unspecified atom stereocenters. The molecule has 0 bridgehead atoms. The molecular weight excluding hydrogens is 508 g/mol. The highest BCUT2D eigenvalue weighted by atomic mass is 16.7. The molecule has 4 saturated carbocycles. The van der Waals surface area contributed by atoms with Gasteiger partial charge in [-0.05, 0) is 97.7 Å². The maximum absolute atomic E-state index is 11.6. The van der Waals surface area contributed by atoms with Gasteiger partial charge < -0.3 is 40.1 Å². The van der Waals surface area contributed by atoms with Crippen LogP contribution in [0.15, 0.2) is 0 Å². The van der Waals surface area contributed by atoms with Crippen LogP contribution in [0.5, 0.6) is 0 Å². The molecule has 222 valence electrons. The first-order valence-corrected chi connectivity index (χ1v) is 14.8. The predicted molar refractivity (Wildman–Crippen MR) is 137 cm³/mol. The molecular formula is C29H46O10. The van der Waals surface area contributed by atoms with Gasteiger partial charge in [0.05, 0.1) is 12.2 Å². The molecule has 10 nitrogen and oxygen atoms in total. The van der Waals surface area contributed by atoms with Crippen molar-refractivity contribution < 1.29 is 49.7 Å². The van der Waals surface area contributed by atoms with Crippen molar-refractivity contribution in [3.8, 4) is 0 Å². The fourth-order valence-corrected chi connectivity index (χ4v) is 10.1. The lowest BCUT2D eigenvalue weighted by molar-refractivity contribution is -0.310. The number of carboxylic acid groups (broad SMARTS) is 2. The summed E-state index contributed by atoms with van der Waals surface area (Å²) in [4.78, 5) is 22.9. The molecule has 0 radical (unpaired) electrons. The van der Waals surface area contributed by atoms with E-state index < -0.39 is 48.7 Å². The van der Waals surface area contributed by atoms with Crippen LogP contribution >= 0.6 is 0 Å². The van der Waals surface area contributed by atoms with Crippen LogP contribution in [0.2, 0.25) is 0 Å². The fourth-order valence-electron chi connectivity index (χ4n) is 10.1. The van der Waals surface area contributed by atoms with Crippen LogP contribution in [-0.2, 0) is 19.1 Å². The Balaban J connectivity index is 1.28. The molecule has 0 spiro atoms. The van der Waals surface area contributed by atoms with Gasteiger partial charge in [-0.2, -0.15) is 0 Å². The van der Waals surface area contributed by atoms with Crippen molar-refractivity contribution >= 4 is 11.9 Å². The molecule has 0 aromatic heterocycles. The number of carbonyl (C=O) groups is 2. The normalized spacial score (nSPS) is 52.3. The number of ether oxygens (including phenoxy) is 2.